The predicted molar refractivity (Wildman–Crippen MR) is 110 cm³/mol. The Hall–Kier alpha value is -3.48. The summed E-state index contributed by atoms with van der Waals surface area (Å²) in [5.74, 6) is 0.390. The number of nitrogens with zero attached hydrogens (tertiary/aromatic N) is 3. The van der Waals surface area contributed by atoms with Crippen LogP contribution in [-0.4, -0.2) is 32.4 Å². The van der Waals surface area contributed by atoms with Crippen LogP contribution in [0.1, 0.15) is 30.9 Å². The molecule has 0 saturated heterocycles. The second kappa shape index (κ2) is 10.2. The summed E-state index contributed by atoms with van der Waals surface area (Å²) in [6.07, 6.45) is 8.50. The minimum absolute atomic E-state index is 0.156. The first-order valence-corrected chi connectivity index (χ1v) is 9.70. The van der Waals surface area contributed by atoms with Gasteiger partial charge in [0.05, 0.1) is 6.42 Å². The zero-order chi connectivity index (χ0) is 20.5. The molecule has 0 aliphatic rings. The average Bonchev–Trinajstić information content (AvgIpc) is 3.28. The van der Waals surface area contributed by atoms with Crippen molar-refractivity contribution in [1.82, 2.24) is 25.2 Å². The normalized spacial score (nSPS) is 11.6. The van der Waals surface area contributed by atoms with Crippen molar-refractivity contribution in [1.29, 1.82) is 0 Å². The van der Waals surface area contributed by atoms with Gasteiger partial charge in [0.15, 0.2) is 0 Å². The Morgan fingerprint density at radius 1 is 1.10 bits per heavy atom. The van der Waals surface area contributed by atoms with Gasteiger partial charge >= 0.3 is 0 Å². The number of benzene rings is 1. The van der Waals surface area contributed by atoms with Crippen LogP contribution in [0.2, 0.25) is 0 Å². The summed E-state index contributed by atoms with van der Waals surface area (Å²) >= 11 is 0. The van der Waals surface area contributed by atoms with Crippen molar-refractivity contribution in [3.63, 3.8) is 0 Å². The van der Waals surface area contributed by atoms with Crippen LogP contribution in [0.4, 0.5) is 0 Å². The van der Waals surface area contributed by atoms with Crippen LogP contribution in [0.15, 0.2) is 67.4 Å². The summed E-state index contributed by atoms with van der Waals surface area (Å²) in [6.45, 7) is 2.35. The van der Waals surface area contributed by atoms with E-state index in [1.54, 1.807) is 23.3 Å². The summed E-state index contributed by atoms with van der Waals surface area (Å²) in [6, 6.07) is 12.7. The number of pyridine rings is 1. The number of imidazole rings is 1. The minimum Gasteiger partial charge on any atom is -0.350 e. The Bertz CT molecular complexity index is 925. The van der Waals surface area contributed by atoms with Crippen molar-refractivity contribution in [2.24, 2.45) is 0 Å². The van der Waals surface area contributed by atoms with Gasteiger partial charge in [0.1, 0.15) is 18.2 Å². The van der Waals surface area contributed by atoms with Crippen molar-refractivity contribution in [2.45, 2.75) is 38.8 Å². The van der Waals surface area contributed by atoms with E-state index in [1.807, 2.05) is 55.6 Å². The van der Waals surface area contributed by atoms with Gasteiger partial charge in [-0.2, -0.15) is 0 Å². The first-order chi connectivity index (χ1) is 14.2. The van der Waals surface area contributed by atoms with E-state index in [4.69, 9.17) is 0 Å². The van der Waals surface area contributed by atoms with Crippen LogP contribution in [0.25, 0.3) is 5.82 Å². The monoisotopic (exact) mass is 391 g/mol. The first kappa shape index (κ1) is 20.3. The Kier molecular flexibility index (Phi) is 7.10. The fourth-order valence-corrected chi connectivity index (χ4v) is 3.00. The maximum absolute atomic E-state index is 12.7. The maximum Gasteiger partial charge on any atom is 0.242 e. The average molecular weight is 391 g/mol. The Labute approximate surface area is 170 Å². The molecule has 0 spiro atoms. The van der Waals surface area contributed by atoms with Gasteiger partial charge in [0.2, 0.25) is 11.8 Å². The highest BCUT2D eigenvalue weighted by molar-refractivity contribution is 5.88. The molecule has 2 heterocycles. The molecule has 0 bridgehead atoms. The van der Waals surface area contributed by atoms with Gasteiger partial charge in [-0.05, 0) is 29.7 Å². The molecule has 150 valence electrons. The van der Waals surface area contributed by atoms with E-state index in [1.165, 1.54) is 0 Å². The predicted octanol–water partition coefficient (Wildman–Crippen LogP) is 2.41. The number of nitrogens with one attached hydrogen (secondary N) is 2. The van der Waals surface area contributed by atoms with Crippen molar-refractivity contribution < 1.29 is 9.59 Å². The Morgan fingerprint density at radius 2 is 1.93 bits per heavy atom. The first-order valence-electron chi connectivity index (χ1n) is 9.70. The molecule has 0 radical (unpaired) electrons. The van der Waals surface area contributed by atoms with Crippen molar-refractivity contribution in [2.75, 3.05) is 0 Å². The number of carbonyl (C=O) groups is 2. The lowest BCUT2D eigenvalue weighted by molar-refractivity contribution is -0.129. The fourth-order valence-electron chi connectivity index (χ4n) is 3.00. The number of hydrogen-bond donors (Lipinski definition) is 2. The molecule has 7 nitrogen and oxygen atoms in total. The molecule has 1 aromatic carbocycles. The van der Waals surface area contributed by atoms with E-state index in [9.17, 15) is 9.59 Å². The molecular formula is C22H25N5O2. The zero-order valence-electron chi connectivity index (χ0n) is 16.4. The summed E-state index contributed by atoms with van der Waals surface area (Å²) in [7, 11) is 0. The van der Waals surface area contributed by atoms with Gasteiger partial charge in [0.25, 0.3) is 0 Å². The highest BCUT2D eigenvalue weighted by Gasteiger charge is 2.19. The van der Waals surface area contributed by atoms with Gasteiger partial charge in [0, 0.05) is 25.1 Å². The highest BCUT2D eigenvalue weighted by atomic mass is 16.2. The molecule has 2 N–H and O–H groups in total. The second-order valence-electron chi connectivity index (χ2n) is 6.78. The summed E-state index contributed by atoms with van der Waals surface area (Å²) in [5, 5.41) is 5.78. The molecule has 1 atom stereocenters. The second-order valence-corrected chi connectivity index (χ2v) is 6.78. The quantitative estimate of drug-likeness (QED) is 0.586. The molecule has 0 aliphatic carbocycles. The molecule has 2 aromatic heterocycles. The summed E-state index contributed by atoms with van der Waals surface area (Å²) in [4.78, 5) is 33.3. The smallest absolute Gasteiger partial charge is 0.242 e. The lowest BCUT2D eigenvalue weighted by Crippen LogP contribution is -2.46. The molecule has 0 fully saturated rings. The maximum atomic E-state index is 12.7. The third-order valence-corrected chi connectivity index (χ3v) is 4.48. The topological polar surface area (TPSA) is 88.9 Å². The molecule has 3 rings (SSSR count). The van der Waals surface area contributed by atoms with Crippen molar-refractivity contribution in [3.8, 4) is 5.82 Å². The number of rotatable bonds is 9. The van der Waals surface area contributed by atoms with E-state index >= 15 is 0 Å². The molecular weight excluding hydrogens is 366 g/mol. The van der Waals surface area contributed by atoms with Crippen LogP contribution < -0.4 is 10.6 Å². The fraction of sp³-hybridized carbons (Fsp3) is 0.273. The third kappa shape index (κ3) is 6.00. The standard InChI is InChI=1S/C22H25N5O2/c1-2-6-19(26-21(28)14-17-7-4-3-5-8-17)22(29)25-15-18-9-10-24-20(13-18)27-12-11-23-16-27/h3-5,7-13,16,19H,2,6,14-15H2,1H3,(H,25,29)(H,26,28). The third-order valence-electron chi connectivity index (χ3n) is 4.48. The van der Waals surface area contributed by atoms with Crippen molar-refractivity contribution >= 4 is 11.8 Å². The van der Waals surface area contributed by atoms with Gasteiger partial charge in [-0.1, -0.05) is 43.7 Å². The molecule has 1 unspecified atom stereocenters. The van der Waals surface area contributed by atoms with Gasteiger partial charge < -0.3 is 10.6 Å². The van der Waals surface area contributed by atoms with Gasteiger partial charge in [-0.25, -0.2) is 9.97 Å². The van der Waals surface area contributed by atoms with Gasteiger partial charge in [-0.15, -0.1) is 0 Å². The van der Waals surface area contributed by atoms with Crippen molar-refractivity contribution in [3.05, 3.63) is 78.5 Å². The Balaban J connectivity index is 1.57. The van der Waals surface area contributed by atoms with Crippen LogP contribution in [0, 0.1) is 0 Å². The van der Waals surface area contributed by atoms with E-state index in [2.05, 4.69) is 20.6 Å². The molecule has 2 amide bonds. The SMILES string of the molecule is CCCC(NC(=O)Cc1ccccc1)C(=O)NCc1ccnc(-n2ccnc2)c1. The molecule has 0 aliphatic heterocycles. The van der Waals surface area contributed by atoms with Crippen LogP contribution in [0.3, 0.4) is 0 Å². The lowest BCUT2D eigenvalue weighted by atomic mass is 10.1. The number of hydrogen-bond acceptors (Lipinski definition) is 4. The summed E-state index contributed by atoms with van der Waals surface area (Å²) in [5.41, 5.74) is 1.84. The van der Waals surface area contributed by atoms with E-state index in [-0.39, 0.29) is 18.2 Å². The van der Waals surface area contributed by atoms with Crippen LogP contribution >= 0.6 is 0 Å². The van der Waals surface area contributed by atoms with E-state index in [0.717, 1.165) is 23.4 Å². The minimum atomic E-state index is -0.550. The van der Waals surface area contributed by atoms with Gasteiger partial charge in [-0.3, -0.25) is 14.2 Å². The van der Waals surface area contributed by atoms with Crippen LogP contribution in [0.5, 0.6) is 0 Å². The largest absolute Gasteiger partial charge is 0.350 e. The van der Waals surface area contributed by atoms with E-state index < -0.39 is 6.04 Å². The van der Waals surface area contributed by atoms with E-state index in [0.29, 0.717) is 13.0 Å². The molecule has 0 saturated carbocycles. The highest BCUT2D eigenvalue weighted by Crippen LogP contribution is 2.07. The molecule has 7 heteroatoms. The lowest BCUT2D eigenvalue weighted by Gasteiger charge is -2.18. The number of carbonyl (C=O) groups excluding carboxylic acids is 2. The van der Waals surface area contributed by atoms with Crippen LogP contribution in [-0.2, 0) is 22.6 Å². The Morgan fingerprint density at radius 3 is 2.66 bits per heavy atom. The zero-order valence-corrected chi connectivity index (χ0v) is 16.4. The summed E-state index contributed by atoms with van der Waals surface area (Å²) < 4.78 is 1.80. The molecule has 29 heavy (non-hydrogen) atoms. The number of aromatic nitrogens is 3. The number of amides is 2. The molecule has 3 aromatic rings.